The van der Waals surface area contributed by atoms with Crippen molar-refractivity contribution in [3.05, 3.63) is 151 Å². The van der Waals surface area contributed by atoms with E-state index in [1.54, 1.807) is 48.5 Å². The topological polar surface area (TPSA) is 51.8 Å². The van der Waals surface area contributed by atoms with Crippen LogP contribution in [0.5, 0.6) is 0 Å². The predicted molar refractivity (Wildman–Crippen MR) is 174 cm³/mol. The molecule has 0 amide bonds. The van der Waals surface area contributed by atoms with Gasteiger partial charge in [0.25, 0.3) is 0 Å². The molecule has 8 rings (SSSR count). The monoisotopic (exact) mass is 561 g/mol. The molecule has 0 saturated carbocycles. The molecular weight excluding hydrogens is 526 g/mol. The van der Waals surface area contributed by atoms with Gasteiger partial charge in [0.1, 0.15) is 11.2 Å². The molecule has 4 nitrogen and oxygen atoms in total. The molecule has 43 heavy (non-hydrogen) atoms. The van der Waals surface area contributed by atoms with E-state index < -0.39 is 36.3 Å². The van der Waals surface area contributed by atoms with E-state index in [2.05, 4.69) is 0 Å². The number of fused-ring (bicyclic) bond motifs is 3. The molecule has 0 fully saturated rings. The minimum absolute atomic E-state index is 0.0699. The summed E-state index contributed by atoms with van der Waals surface area (Å²) in [5.41, 5.74) is 3.87. The standard InChI is InChI=1S/C39H25N3O/c1-4-11-26(12-5-1)29-17-10-18-31(23-29)38-40-37(28-15-8-3-9-16-28)41-39(42-38)32-20-22-34-33-21-19-30(27-13-6-2-7-14-27)24-35(33)43-36(34)25-32/h1-25H/i1D,2D,4D,5D,6D,7D,11D,12D,13D,14D. The van der Waals surface area contributed by atoms with Crippen LogP contribution in [0.1, 0.15) is 13.7 Å². The second-order valence-electron chi connectivity index (χ2n) is 9.78. The van der Waals surface area contributed by atoms with E-state index in [0.717, 1.165) is 16.3 Å². The molecule has 0 aliphatic rings. The third-order valence-electron chi connectivity index (χ3n) is 7.10. The molecule has 0 aliphatic carbocycles. The first kappa shape index (κ1) is 16.5. The highest BCUT2D eigenvalue weighted by Crippen LogP contribution is 2.35. The first-order chi connectivity index (χ1) is 25.4. The van der Waals surface area contributed by atoms with Crippen LogP contribution >= 0.6 is 0 Å². The predicted octanol–water partition coefficient (Wildman–Crippen LogP) is 10.1. The maximum atomic E-state index is 8.48. The van der Waals surface area contributed by atoms with Crippen molar-refractivity contribution in [1.29, 1.82) is 0 Å². The van der Waals surface area contributed by atoms with Gasteiger partial charge >= 0.3 is 0 Å². The van der Waals surface area contributed by atoms with Gasteiger partial charge in [-0.1, -0.05) is 121 Å². The molecular formula is C39H25N3O. The summed E-state index contributed by atoms with van der Waals surface area (Å²) in [4.78, 5) is 14.4. The van der Waals surface area contributed by atoms with Gasteiger partial charge in [-0.05, 0) is 52.6 Å². The number of aromatic nitrogens is 3. The minimum Gasteiger partial charge on any atom is -0.456 e. The number of benzene rings is 6. The van der Waals surface area contributed by atoms with Crippen molar-refractivity contribution in [2.75, 3.05) is 0 Å². The van der Waals surface area contributed by atoms with Gasteiger partial charge in [0.2, 0.25) is 0 Å². The smallest absolute Gasteiger partial charge is 0.164 e. The normalized spacial score (nSPS) is 14.5. The fourth-order valence-corrected chi connectivity index (χ4v) is 5.02. The van der Waals surface area contributed by atoms with Gasteiger partial charge < -0.3 is 4.42 Å². The van der Waals surface area contributed by atoms with Crippen LogP contribution in [0, 0.1) is 0 Å². The Balaban J connectivity index is 1.26. The van der Waals surface area contributed by atoms with E-state index in [-0.39, 0.29) is 35.3 Å². The van der Waals surface area contributed by atoms with Crippen LogP contribution in [0.2, 0.25) is 0 Å². The number of hydrogen-bond acceptors (Lipinski definition) is 4. The van der Waals surface area contributed by atoms with Crippen LogP contribution in [0.3, 0.4) is 0 Å². The van der Waals surface area contributed by atoms with Crippen LogP contribution < -0.4 is 0 Å². The summed E-state index contributed by atoms with van der Waals surface area (Å²) >= 11 is 0. The molecule has 4 heteroatoms. The summed E-state index contributed by atoms with van der Waals surface area (Å²) < 4.78 is 88.5. The van der Waals surface area contributed by atoms with E-state index in [9.17, 15) is 0 Å². The molecule has 0 radical (unpaired) electrons. The quantitative estimate of drug-likeness (QED) is 0.210. The van der Waals surface area contributed by atoms with Gasteiger partial charge in [-0.2, -0.15) is 0 Å². The zero-order valence-electron chi connectivity index (χ0n) is 32.4. The molecule has 2 heterocycles. The highest BCUT2D eigenvalue weighted by Gasteiger charge is 2.15. The van der Waals surface area contributed by atoms with E-state index in [0.29, 0.717) is 50.9 Å². The van der Waals surface area contributed by atoms with Crippen molar-refractivity contribution in [2.24, 2.45) is 0 Å². The van der Waals surface area contributed by atoms with Gasteiger partial charge in [0.15, 0.2) is 17.5 Å². The number of rotatable bonds is 5. The summed E-state index contributed by atoms with van der Waals surface area (Å²) in [5, 5.41) is 1.56. The molecule has 2 aromatic heterocycles. The van der Waals surface area contributed by atoms with E-state index >= 15 is 0 Å². The zero-order valence-corrected chi connectivity index (χ0v) is 22.4. The van der Waals surface area contributed by atoms with Crippen molar-refractivity contribution >= 4 is 21.9 Å². The molecule has 0 bridgehead atoms. The molecule has 0 N–H and O–H groups in total. The molecule has 8 aromatic rings. The summed E-state index contributed by atoms with van der Waals surface area (Å²) in [7, 11) is 0. The van der Waals surface area contributed by atoms with Crippen LogP contribution in [0.4, 0.5) is 0 Å². The third kappa shape index (κ3) is 4.75. The van der Waals surface area contributed by atoms with Crippen LogP contribution in [-0.4, -0.2) is 15.0 Å². The van der Waals surface area contributed by atoms with Crippen LogP contribution in [0.25, 0.3) is 78.4 Å². The average Bonchev–Trinajstić information content (AvgIpc) is 3.55. The van der Waals surface area contributed by atoms with Crippen LogP contribution in [0.15, 0.2) is 156 Å². The SMILES string of the molecule is [2H]c1c([2H])c([2H])c(-c2cccc(-c3nc(-c4ccccc4)nc(-c4ccc5c(c4)oc4cc(-c6c([2H])c([2H])c([2H])c([2H])c6[2H])ccc45)n3)c2)c([2H])c1[2H]. The summed E-state index contributed by atoms with van der Waals surface area (Å²) in [6.45, 7) is 0. The van der Waals surface area contributed by atoms with Crippen molar-refractivity contribution in [3.63, 3.8) is 0 Å². The van der Waals surface area contributed by atoms with E-state index in [4.69, 9.17) is 33.1 Å². The Bertz CT molecular complexity index is 2750. The molecule has 6 aromatic carbocycles. The van der Waals surface area contributed by atoms with Crippen molar-refractivity contribution < 1.29 is 18.1 Å². The first-order valence-electron chi connectivity index (χ1n) is 18.5. The maximum Gasteiger partial charge on any atom is 0.164 e. The van der Waals surface area contributed by atoms with Gasteiger partial charge in [0.05, 0.1) is 13.7 Å². The lowest BCUT2D eigenvalue weighted by Gasteiger charge is -2.09. The van der Waals surface area contributed by atoms with Gasteiger partial charge in [0, 0.05) is 27.5 Å². The van der Waals surface area contributed by atoms with Crippen molar-refractivity contribution in [1.82, 2.24) is 15.0 Å². The Labute approximate surface area is 263 Å². The molecule has 0 atom stereocenters. The highest BCUT2D eigenvalue weighted by molar-refractivity contribution is 6.06. The minimum atomic E-state index is -0.467. The van der Waals surface area contributed by atoms with Crippen LogP contribution in [-0.2, 0) is 0 Å². The Morgan fingerprint density at radius 3 is 1.49 bits per heavy atom. The number of hydrogen-bond donors (Lipinski definition) is 0. The zero-order chi connectivity index (χ0) is 37.3. The first-order valence-corrected chi connectivity index (χ1v) is 13.5. The highest BCUT2D eigenvalue weighted by atomic mass is 16.3. The largest absolute Gasteiger partial charge is 0.456 e. The maximum absolute atomic E-state index is 8.48. The van der Waals surface area contributed by atoms with Gasteiger partial charge in [-0.15, -0.1) is 0 Å². The Hall–Kier alpha value is -5.87. The molecule has 0 aliphatic heterocycles. The van der Waals surface area contributed by atoms with Gasteiger partial charge in [-0.3, -0.25) is 0 Å². The summed E-state index contributed by atoms with van der Waals surface area (Å²) in [5.74, 6) is 1.03. The van der Waals surface area contributed by atoms with Crippen molar-refractivity contribution in [3.8, 4) is 56.4 Å². The number of nitrogens with zero attached hydrogens (tertiary/aromatic N) is 3. The Kier molecular flexibility index (Phi) is 4.04. The molecule has 202 valence electrons. The fourth-order valence-electron chi connectivity index (χ4n) is 5.02. The lowest BCUT2D eigenvalue weighted by Crippen LogP contribution is -2.00. The second-order valence-corrected chi connectivity index (χ2v) is 9.78. The number of furan rings is 1. The lowest BCUT2D eigenvalue weighted by atomic mass is 10.0. The van der Waals surface area contributed by atoms with E-state index in [1.165, 1.54) is 0 Å². The molecule has 0 saturated heterocycles. The van der Waals surface area contributed by atoms with Gasteiger partial charge in [-0.25, -0.2) is 15.0 Å². The summed E-state index contributed by atoms with van der Waals surface area (Å²) in [6, 6.07) is 23.1. The molecule has 0 spiro atoms. The molecule has 0 unspecified atom stereocenters. The third-order valence-corrected chi connectivity index (χ3v) is 7.10. The Morgan fingerprint density at radius 2 is 0.860 bits per heavy atom. The lowest BCUT2D eigenvalue weighted by molar-refractivity contribution is 0.669. The average molecular weight is 562 g/mol. The Morgan fingerprint density at radius 1 is 0.395 bits per heavy atom. The summed E-state index contributed by atoms with van der Waals surface area (Å²) in [6.07, 6.45) is 0. The fraction of sp³-hybridized carbons (Fsp3) is 0. The van der Waals surface area contributed by atoms with Crippen molar-refractivity contribution in [2.45, 2.75) is 0 Å². The van der Waals surface area contributed by atoms with E-state index in [1.807, 2.05) is 42.5 Å². The second kappa shape index (κ2) is 10.5.